The second-order valence-electron chi connectivity index (χ2n) is 10.4. The Balaban J connectivity index is 1.35. The minimum Gasteiger partial charge on any atom is -0.507 e. The van der Waals surface area contributed by atoms with Gasteiger partial charge in [-0.1, -0.05) is 6.07 Å². The highest BCUT2D eigenvalue weighted by Gasteiger charge is 2.44. The summed E-state index contributed by atoms with van der Waals surface area (Å²) in [5.74, 6) is -2.17. The third-order valence-corrected chi connectivity index (χ3v) is 7.91. The molecule has 4 atom stereocenters. The number of anilines is 1. The zero-order valence-electron chi connectivity index (χ0n) is 21.2. The van der Waals surface area contributed by atoms with Crippen LogP contribution in [0.2, 0.25) is 0 Å². The standard InChI is InChI=1S/C29H27F2N3O5/c1-15-27(17-9-18(30)12-19(31)10-17)39-29(38)34(15)14-24-20(4-6-26(32-24)33-7-2-8-33)22-11-16(3-5-25(22)35)21-13-23(21)28(36)37/h3-6,9-12,15,21,23,27,35H,2,7-8,13-14H2,1H3,(H,36,37)/t15-,21-,23?,27-/m0/s1. The summed E-state index contributed by atoms with van der Waals surface area (Å²) in [6.07, 6.45) is 0.0797. The average Bonchev–Trinajstić information content (AvgIpc) is 3.61. The molecule has 10 heteroatoms. The highest BCUT2D eigenvalue weighted by molar-refractivity contribution is 5.78. The molecule has 3 fully saturated rings. The predicted octanol–water partition coefficient (Wildman–Crippen LogP) is 5.21. The number of cyclic esters (lactones) is 1. The monoisotopic (exact) mass is 535 g/mol. The van der Waals surface area contributed by atoms with Crippen LogP contribution in [-0.2, 0) is 16.1 Å². The van der Waals surface area contributed by atoms with Crippen molar-refractivity contribution in [3.05, 3.63) is 77.0 Å². The molecule has 0 radical (unpaired) electrons. The van der Waals surface area contributed by atoms with Crippen LogP contribution in [0.5, 0.6) is 5.75 Å². The minimum absolute atomic E-state index is 0.0104. The van der Waals surface area contributed by atoms with Gasteiger partial charge in [-0.3, -0.25) is 9.69 Å². The van der Waals surface area contributed by atoms with Gasteiger partial charge in [-0.2, -0.15) is 0 Å². The summed E-state index contributed by atoms with van der Waals surface area (Å²) in [4.78, 5) is 32.8. The Hall–Kier alpha value is -4.21. The first-order valence-electron chi connectivity index (χ1n) is 12.9. The third kappa shape index (κ3) is 4.64. The fourth-order valence-electron chi connectivity index (χ4n) is 5.47. The molecular formula is C29H27F2N3O5. The minimum atomic E-state index is -0.871. The number of aliphatic carboxylic acids is 1. The van der Waals surface area contributed by atoms with Crippen molar-refractivity contribution in [2.45, 2.75) is 44.4 Å². The van der Waals surface area contributed by atoms with E-state index in [1.165, 1.54) is 4.90 Å². The summed E-state index contributed by atoms with van der Waals surface area (Å²) in [7, 11) is 0. The smallest absolute Gasteiger partial charge is 0.411 e. The van der Waals surface area contributed by atoms with Crippen LogP contribution in [0.15, 0.2) is 48.5 Å². The van der Waals surface area contributed by atoms with E-state index in [0.717, 1.165) is 49.1 Å². The third-order valence-electron chi connectivity index (χ3n) is 7.91. The lowest BCUT2D eigenvalue weighted by Gasteiger charge is -2.33. The number of aromatic nitrogens is 1. The number of phenolic OH excluding ortho intramolecular Hbond substituents is 1. The van der Waals surface area contributed by atoms with Crippen LogP contribution in [0, 0.1) is 17.6 Å². The van der Waals surface area contributed by atoms with Crippen LogP contribution in [0.4, 0.5) is 19.4 Å². The van der Waals surface area contributed by atoms with Gasteiger partial charge in [0.2, 0.25) is 0 Å². The van der Waals surface area contributed by atoms with Crippen LogP contribution in [0.25, 0.3) is 11.1 Å². The van der Waals surface area contributed by atoms with Crippen LogP contribution in [-0.4, -0.2) is 51.3 Å². The van der Waals surface area contributed by atoms with Crippen LogP contribution < -0.4 is 4.90 Å². The average molecular weight is 536 g/mol. The first-order chi connectivity index (χ1) is 18.7. The highest BCUT2D eigenvalue weighted by Crippen LogP contribution is 2.49. The fourth-order valence-corrected chi connectivity index (χ4v) is 5.47. The number of halogens is 2. The SMILES string of the molecule is C[C@H]1[C@@H](c2cc(F)cc(F)c2)OC(=O)N1Cc1nc(N2CCC2)ccc1-c1cc([C@@H]2CC2C(=O)O)ccc1O. The summed E-state index contributed by atoms with van der Waals surface area (Å²) in [5.41, 5.74) is 2.65. The molecule has 3 aliphatic rings. The maximum absolute atomic E-state index is 13.9. The van der Waals surface area contributed by atoms with E-state index < -0.39 is 41.8 Å². The van der Waals surface area contributed by atoms with Crippen molar-refractivity contribution in [2.24, 2.45) is 5.92 Å². The Kier molecular flexibility index (Phi) is 6.12. The Morgan fingerprint density at radius 1 is 1.05 bits per heavy atom. The number of hydrogen-bond donors (Lipinski definition) is 2. The van der Waals surface area contributed by atoms with Gasteiger partial charge in [0, 0.05) is 35.8 Å². The number of benzene rings is 2. The number of nitrogens with zero attached hydrogens (tertiary/aromatic N) is 3. The predicted molar refractivity (Wildman–Crippen MR) is 137 cm³/mol. The molecule has 1 aromatic heterocycles. The van der Waals surface area contributed by atoms with Gasteiger partial charge in [-0.15, -0.1) is 0 Å². The second-order valence-corrected chi connectivity index (χ2v) is 10.4. The zero-order valence-corrected chi connectivity index (χ0v) is 21.2. The van der Waals surface area contributed by atoms with E-state index in [1.807, 2.05) is 12.1 Å². The summed E-state index contributed by atoms with van der Waals surface area (Å²) in [5, 5.41) is 20.2. The number of rotatable bonds is 7. The molecule has 3 aromatic rings. The molecule has 6 rings (SSSR count). The van der Waals surface area contributed by atoms with Crippen LogP contribution >= 0.6 is 0 Å². The lowest BCUT2D eigenvalue weighted by molar-refractivity contribution is -0.138. The summed E-state index contributed by atoms with van der Waals surface area (Å²) in [6, 6.07) is 11.3. The molecule has 1 unspecified atom stereocenters. The molecule has 1 amide bonds. The van der Waals surface area contributed by atoms with E-state index in [4.69, 9.17) is 9.72 Å². The van der Waals surface area contributed by atoms with Crippen molar-refractivity contribution < 1.29 is 33.3 Å². The molecule has 202 valence electrons. The van der Waals surface area contributed by atoms with E-state index >= 15 is 0 Å². The number of carboxylic acid groups (broad SMARTS) is 1. The van der Waals surface area contributed by atoms with E-state index in [9.17, 15) is 28.6 Å². The molecule has 2 saturated heterocycles. The molecule has 8 nitrogen and oxygen atoms in total. The zero-order chi connectivity index (χ0) is 27.4. The maximum Gasteiger partial charge on any atom is 0.411 e. The normalized spacial score (nSPS) is 23.9. The summed E-state index contributed by atoms with van der Waals surface area (Å²) >= 11 is 0. The number of amides is 1. The molecule has 1 aliphatic carbocycles. The molecule has 0 bridgehead atoms. The van der Waals surface area contributed by atoms with Crippen molar-refractivity contribution in [2.75, 3.05) is 18.0 Å². The Bertz CT molecular complexity index is 1460. The molecule has 39 heavy (non-hydrogen) atoms. The number of hydrogen-bond acceptors (Lipinski definition) is 6. The molecule has 2 aliphatic heterocycles. The van der Waals surface area contributed by atoms with Crippen LogP contribution in [0.3, 0.4) is 0 Å². The lowest BCUT2D eigenvalue weighted by atomic mass is 9.97. The van der Waals surface area contributed by atoms with Gasteiger partial charge in [0.15, 0.2) is 0 Å². The highest BCUT2D eigenvalue weighted by atomic mass is 19.1. The Morgan fingerprint density at radius 3 is 2.44 bits per heavy atom. The topological polar surface area (TPSA) is 103 Å². The van der Waals surface area contributed by atoms with Gasteiger partial charge < -0.3 is 19.8 Å². The number of ether oxygens (including phenoxy) is 1. The number of aromatic hydroxyl groups is 1. The summed E-state index contributed by atoms with van der Waals surface area (Å²) in [6.45, 7) is 3.50. The number of carboxylic acids is 1. The number of phenols is 1. The molecule has 2 aromatic carbocycles. The number of carbonyl (C=O) groups excluding carboxylic acids is 1. The Morgan fingerprint density at radius 2 is 1.79 bits per heavy atom. The first-order valence-corrected chi connectivity index (χ1v) is 12.9. The van der Waals surface area contributed by atoms with Gasteiger partial charge in [-0.25, -0.2) is 18.6 Å². The Labute approximate surface area is 223 Å². The molecule has 2 N–H and O–H groups in total. The van der Waals surface area contributed by atoms with Crippen molar-refractivity contribution in [3.63, 3.8) is 0 Å². The van der Waals surface area contributed by atoms with E-state index in [1.54, 1.807) is 25.1 Å². The van der Waals surface area contributed by atoms with Gasteiger partial charge >= 0.3 is 12.1 Å². The number of carbonyl (C=O) groups is 2. The quantitative estimate of drug-likeness (QED) is 0.428. The first kappa shape index (κ1) is 25.1. The van der Waals surface area contributed by atoms with Crippen molar-refractivity contribution in [1.29, 1.82) is 0 Å². The van der Waals surface area contributed by atoms with E-state index in [0.29, 0.717) is 23.2 Å². The maximum atomic E-state index is 13.9. The fraction of sp³-hybridized carbons (Fsp3) is 0.345. The van der Waals surface area contributed by atoms with Crippen molar-refractivity contribution >= 4 is 17.9 Å². The second kappa shape index (κ2) is 9.52. The van der Waals surface area contributed by atoms with Gasteiger partial charge in [-0.05, 0) is 67.6 Å². The molecule has 1 saturated carbocycles. The van der Waals surface area contributed by atoms with E-state index in [-0.39, 0.29) is 23.8 Å². The summed E-state index contributed by atoms with van der Waals surface area (Å²) < 4.78 is 33.3. The van der Waals surface area contributed by atoms with Crippen LogP contribution in [0.1, 0.15) is 48.6 Å². The van der Waals surface area contributed by atoms with Gasteiger partial charge in [0.05, 0.1) is 24.2 Å². The van der Waals surface area contributed by atoms with Crippen molar-refractivity contribution in [1.82, 2.24) is 9.88 Å². The molecule has 0 spiro atoms. The lowest BCUT2D eigenvalue weighted by Crippen LogP contribution is -2.38. The number of pyridine rings is 1. The largest absolute Gasteiger partial charge is 0.507 e. The molecular weight excluding hydrogens is 508 g/mol. The van der Waals surface area contributed by atoms with Gasteiger partial charge in [0.1, 0.15) is 29.3 Å². The van der Waals surface area contributed by atoms with E-state index in [2.05, 4.69) is 4.90 Å². The molecule has 3 heterocycles. The van der Waals surface area contributed by atoms with Crippen molar-refractivity contribution in [3.8, 4) is 16.9 Å². The van der Waals surface area contributed by atoms with Gasteiger partial charge in [0.25, 0.3) is 0 Å².